The molecule has 0 atom stereocenters. The van der Waals surface area contributed by atoms with Crippen molar-refractivity contribution in [1.82, 2.24) is 4.98 Å². The lowest BCUT2D eigenvalue weighted by Gasteiger charge is -2.06. The molecule has 0 bridgehead atoms. The third-order valence-corrected chi connectivity index (χ3v) is 2.20. The first-order chi connectivity index (χ1) is 7.81. The Kier molecular flexibility index (Phi) is 3.05. The average molecular weight is 215 g/mol. The Labute approximate surface area is 94.3 Å². The highest BCUT2D eigenvalue weighted by molar-refractivity contribution is 5.66. The number of hydrogen-bond donors (Lipinski definition) is 1. The fraction of sp³-hybridized carbons (Fsp3) is 0.154. The second-order valence-corrected chi connectivity index (χ2v) is 3.33. The SMILES string of the molecule is CCOc1cccc(-c2ncccc2O)c1. The van der Waals surface area contributed by atoms with Gasteiger partial charge in [-0.25, -0.2) is 0 Å². The number of benzene rings is 1. The molecule has 0 saturated heterocycles. The van der Waals surface area contributed by atoms with Crippen molar-refractivity contribution in [2.24, 2.45) is 0 Å². The van der Waals surface area contributed by atoms with Crippen molar-refractivity contribution >= 4 is 0 Å². The molecule has 1 heterocycles. The number of rotatable bonds is 3. The molecule has 0 saturated carbocycles. The lowest BCUT2D eigenvalue weighted by molar-refractivity contribution is 0.340. The molecule has 3 heteroatoms. The zero-order chi connectivity index (χ0) is 11.4. The van der Waals surface area contributed by atoms with Crippen LogP contribution in [0.25, 0.3) is 11.3 Å². The van der Waals surface area contributed by atoms with E-state index in [0.29, 0.717) is 12.3 Å². The molecule has 0 aliphatic rings. The fourth-order valence-electron chi connectivity index (χ4n) is 1.52. The van der Waals surface area contributed by atoms with E-state index in [4.69, 9.17) is 4.74 Å². The minimum absolute atomic E-state index is 0.177. The van der Waals surface area contributed by atoms with E-state index in [1.54, 1.807) is 18.3 Å². The lowest BCUT2D eigenvalue weighted by Crippen LogP contribution is -1.91. The van der Waals surface area contributed by atoms with Crippen molar-refractivity contribution in [3.63, 3.8) is 0 Å². The second-order valence-electron chi connectivity index (χ2n) is 3.33. The summed E-state index contributed by atoms with van der Waals surface area (Å²) in [5.74, 6) is 0.959. The highest BCUT2D eigenvalue weighted by atomic mass is 16.5. The van der Waals surface area contributed by atoms with E-state index in [2.05, 4.69) is 4.98 Å². The molecule has 0 aliphatic carbocycles. The molecule has 0 fully saturated rings. The van der Waals surface area contributed by atoms with Crippen molar-refractivity contribution in [1.29, 1.82) is 0 Å². The minimum atomic E-state index is 0.177. The summed E-state index contributed by atoms with van der Waals surface area (Å²) in [7, 11) is 0. The van der Waals surface area contributed by atoms with Crippen LogP contribution >= 0.6 is 0 Å². The zero-order valence-corrected chi connectivity index (χ0v) is 9.05. The van der Waals surface area contributed by atoms with Crippen molar-refractivity contribution in [2.45, 2.75) is 6.92 Å². The molecular weight excluding hydrogens is 202 g/mol. The first kappa shape index (κ1) is 10.5. The quantitative estimate of drug-likeness (QED) is 0.856. The molecule has 0 radical (unpaired) electrons. The van der Waals surface area contributed by atoms with E-state index in [0.717, 1.165) is 11.3 Å². The van der Waals surface area contributed by atoms with Gasteiger partial charge in [-0.2, -0.15) is 0 Å². The number of aromatic nitrogens is 1. The molecule has 2 rings (SSSR count). The van der Waals surface area contributed by atoms with Gasteiger partial charge in [0, 0.05) is 11.8 Å². The van der Waals surface area contributed by atoms with Crippen molar-refractivity contribution in [3.8, 4) is 22.8 Å². The topological polar surface area (TPSA) is 42.4 Å². The molecular formula is C13H13NO2. The molecule has 1 N–H and O–H groups in total. The standard InChI is InChI=1S/C13H13NO2/c1-2-16-11-6-3-5-10(9-11)13-12(15)7-4-8-14-13/h3-9,15H,2H2,1H3. The van der Waals surface area contributed by atoms with E-state index < -0.39 is 0 Å². The second kappa shape index (κ2) is 4.66. The summed E-state index contributed by atoms with van der Waals surface area (Å²) in [5, 5.41) is 9.68. The Balaban J connectivity index is 2.40. The number of ether oxygens (including phenoxy) is 1. The summed E-state index contributed by atoms with van der Waals surface area (Å²) < 4.78 is 5.40. The average Bonchev–Trinajstić information content (AvgIpc) is 2.30. The predicted octanol–water partition coefficient (Wildman–Crippen LogP) is 2.85. The molecule has 82 valence electrons. The van der Waals surface area contributed by atoms with Gasteiger partial charge in [-0.3, -0.25) is 4.98 Å². The van der Waals surface area contributed by atoms with Crippen LogP contribution in [0.15, 0.2) is 42.6 Å². The molecule has 0 spiro atoms. The molecule has 0 aliphatic heterocycles. The van der Waals surface area contributed by atoms with Crippen LogP contribution in [-0.4, -0.2) is 16.7 Å². The monoisotopic (exact) mass is 215 g/mol. The van der Waals surface area contributed by atoms with E-state index >= 15 is 0 Å². The van der Waals surface area contributed by atoms with Gasteiger partial charge in [-0.1, -0.05) is 12.1 Å². The van der Waals surface area contributed by atoms with Gasteiger partial charge in [-0.05, 0) is 31.2 Å². The molecule has 0 unspecified atom stereocenters. The maximum atomic E-state index is 9.68. The van der Waals surface area contributed by atoms with Crippen molar-refractivity contribution in [2.75, 3.05) is 6.61 Å². The van der Waals surface area contributed by atoms with E-state index in [-0.39, 0.29) is 5.75 Å². The fourth-order valence-corrected chi connectivity index (χ4v) is 1.52. The van der Waals surface area contributed by atoms with Crippen LogP contribution in [0.1, 0.15) is 6.92 Å². The summed E-state index contributed by atoms with van der Waals surface area (Å²) in [6.07, 6.45) is 1.66. The number of nitrogens with zero attached hydrogens (tertiary/aromatic N) is 1. The Morgan fingerprint density at radius 2 is 2.12 bits per heavy atom. The molecule has 3 nitrogen and oxygen atoms in total. The summed E-state index contributed by atoms with van der Waals surface area (Å²) in [5.41, 5.74) is 1.42. The van der Waals surface area contributed by atoms with Gasteiger partial charge >= 0.3 is 0 Å². The molecule has 0 amide bonds. The molecule has 1 aromatic heterocycles. The molecule has 2 aromatic rings. The van der Waals surface area contributed by atoms with Crippen LogP contribution in [-0.2, 0) is 0 Å². The van der Waals surface area contributed by atoms with Gasteiger partial charge in [0.25, 0.3) is 0 Å². The molecule has 16 heavy (non-hydrogen) atoms. The van der Waals surface area contributed by atoms with E-state index in [1.807, 2.05) is 31.2 Å². The molecule has 1 aromatic carbocycles. The minimum Gasteiger partial charge on any atom is -0.506 e. The maximum Gasteiger partial charge on any atom is 0.141 e. The van der Waals surface area contributed by atoms with Gasteiger partial charge in [0.2, 0.25) is 0 Å². The number of hydrogen-bond acceptors (Lipinski definition) is 3. The van der Waals surface area contributed by atoms with Gasteiger partial charge in [0.15, 0.2) is 0 Å². The van der Waals surface area contributed by atoms with Crippen LogP contribution in [0, 0.1) is 0 Å². The van der Waals surface area contributed by atoms with Gasteiger partial charge < -0.3 is 9.84 Å². The zero-order valence-electron chi connectivity index (χ0n) is 9.05. The van der Waals surface area contributed by atoms with Crippen LogP contribution in [0.4, 0.5) is 0 Å². The van der Waals surface area contributed by atoms with Crippen LogP contribution in [0.2, 0.25) is 0 Å². The van der Waals surface area contributed by atoms with E-state index in [9.17, 15) is 5.11 Å². The summed E-state index contributed by atoms with van der Waals surface area (Å²) in [6.45, 7) is 2.56. The highest BCUT2D eigenvalue weighted by Gasteiger charge is 2.05. The van der Waals surface area contributed by atoms with Crippen LogP contribution < -0.4 is 4.74 Å². The van der Waals surface area contributed by atoms with E-state index in [1.165, 1.54) is 0 Å². The Hall–Kier alpha value is -2.03. The predicted molar refractivity (Wildman–Crippen MR) is 62.5 cm³/mol. The lowest BCUT2D eigenvalue weighted by atomic mass is 10.1. The number of aromatic hydroxyl groups is 1. The highest BCUT2D eigenvalue weighted by Crippen LogP contribution is 2.28. The van der Waals surface area contributed by atoms with Gasteiger partial charge in [-0.15, -0.1) is 0 Å². The third-order valence-electron chi connectivity index (χ3n) is 2.20. The smallest absolute Gasteiger partial charge is 0.141 e. The van der Waals surface area contributed by atoms with Gasteiger partial charge in [0.1, 0.15) is 17.2 Å². The Morgan fingerprint density at radius 1 is 1.25 bits per heavy atom. The van der Waals surface area contributed by atoms with Crippen molar-refractivity contribution < 1.29 is 9.84 Å². The largest absolute Gasteiger partial charge is 0.506 e. The van der Waals surface area contributed by atoms with Crippen molar-refractivity contribution in [3.05, 3.63) is 42.6 Å². The first-order valence-electron chi connectivity index (χ1n) is 5.18. The Morgan fingerprint density at radius 3 is 2.88 bits per heavy atom. The normalized spacial score (nSPS) is 10.1. The van der Waals surface area contributed by atoms with Crippen LogP contribution in [0.3, 0.4) is 0 Å². The third kappa shape index (κ3) is 2.14. The maximum absolute atomic E-state index is 9.68. The summed E-state index contributed by atoms with van der Waals surface area (Å²) >= 11 is 0. The summed E-state index contributed by atoms with van der Waals surface area (Å²) in [4.78, 5) is 4.14. The van der Waals surface area contributed by atoms with Crippen LogP contribution in [0.5, 0.6) is 11.5 Å². The first-order valence-corrected chi connectivity index (χ1v) is 5.18. The number of pyridine rings is 1. The van der Waals surface area contributed by atoms with Gasteiger partial charge in [0.05, 0.1) is 6.61 Å². The summed E-state index contributed by atoms with van der Waals surface area (Å²) in [6, 6.07) is 10.8. The Bertz CT molecular complexity index is 483.